The van der Waals surface area contributed by atoms with Crippen LogP contribution in [0, 0.1) is 6.92 Å². The first kappa shape index (κ1) is 24.6. The summed E-state index contributed by atoms with van der Waals surface area (Å²) in [5, 5.41) is 2.74. The molecule has 0 aliphatic carbocycles. The van der Waals surface area contributed by atoms with Crippen molar-refractivity contribution in [2.24, 2.45) is 0 Å². The second-order valence-corrected chi connectivity index (χ2v) is 9.58. The van der Waals surface area contributed by atoms with E-state index in [2.05, 4.69) is 11.9 Å². The Balaban J connectivity index is 1.93. The molecular weight excluding hydrogens is 490 g/mol. The summed E-state index contributed by atoms with van der Waals surface area (Å²) >= 11 is 6.40. The fourth-order valence-electron chi connectivity index (χ4n) is 3.98. The molecule has 10 nitrogen and oxygen atoms in total. The van der Waals surface area contributed by atoms with E-state index in [4.69, 9.17) is 21.9 Å². The van der Waals surface area contributed by atoms with Crippen LogP contribution in [0.25, 0.3) is 11.7 Å². The van der Waals surface area contributed by atoms with Crippen LogP contribution >= 0.6 is 24.0 Å². The van der Waals surface area contributed by atoms with Crippen molar-refractivity contribution in [1.82, 2.24) is 19.6 Å². The average molecular weight is 514 g/mol. The molecule has 0 bridgehead atoms. The van der Waals surface area contributed by atoms with Gasteiger partial charge in [-0.1, -0.05) is 36.1 Å². The molecule has 2 amide bonds. The van der Waals surface area contributed by atoms with Gasteiger partial charge in [0.2, 0.25) is 5.91 Å². The summed E-state index contributed by atoms with van der Waals surface area (Å²) in [5.41, 5.74) is 0.870. The molecule has 1 N–H and O–H groups in total. The number of aryl methyl sites for hydroxylation is 1. The molecule has 0 aromatic carbocycles. The number of hydrogen-bond donors (Lipinski definition) is 1. The predicted octanol–water partition coefficient (Wildman–Crippen LogP) is 1.26. The van der Waals surface area contributed by atoms with Gasteiger partial charge in [0.25, 0.3) is 11.5 Å². The Morgan fingerprint density at radius 2 is 2.17 bits per heavy atom. The smallest absolute Gasteiger partial charge is 0.308 e. The Morgan fingerprint density at radius 1 is 1.40 bits per heavy atom. The second-order valence-electron chi connectivity index (χ2n) is 7.90. The van der Waals surface area contributed by atoms with Gasteiger partial charge >= 0.3 is 5.97 Å². The van der Waals surface area contributed by atoms with Crippen LogP contribution in [0.3, 0.4) is 0 Å². The zero-order chi connectivity index (χ0) is 25.3. The Bertz CT molecular complexity index is 1350. The van der Waals surface area contributed by atoms with Crippen LogP contribution in [-0.2, 0) is 19.1 Å². The first-order valence-corrected chi connectivity index (χ1v) is 12.0. The standard InChI is InChI=1S/C23H23N5O5S2/c1-4-8-28-22(32)16(35-23(28)34)11-14-19(25-18-13(2)6-5-9-27(18)21(14)31)26-10-7-24-20(30)15(26)12-17(29)33-3/h4-6,9,11,15H,1,7-8,10,12H2,2-3H3,(H,24,30)/b16-11-/t15-/m1/s1. The molecule has 35 heavy (non-hydrogen) atoms. The van der Waals surface area contributed by atoms with Gasteiger partial charge in [-0.25, -0.2) is 4.98 Å². The lowest BCUT2D eigenvalue weighted by Gasteiger charge is -2.36. The number of amides is 2. The topological polar surface area (TPSA) is 113 Å². The van der Waals surface area contributed by atoms with Crippen LogP contribution < -0.4 is 15.8 Å². The molecule has 2 aromatic rings. The van der Waals surface area contributed by atoms with Gasteiger partial charge in [-0.3, -0.25) is 28.5 Å². The molecule has 2 aromatic heterocycles. The Morgan fingerprint density at radius 3 is 2.89 bits per heavy atom. The number of nitrogens with one attached hydrogen (secondary N) is 1. The minimum absolute atomic E-state index is 0.122. The summed E-state index contributed by atoms with van der Waals surface area (Å²) in [6.07, 6.45) is 4.40. The van der Waals surface area contributed by atoms with Gasteiger partial charge in [-0.2, -0.15) is 0 Å². The normalized spacial score (nSPS) is 19.4. The maximum Gasteiger partial charge on any atom is 0.308 e. The number of carbonyl (C=O) groups is 3. The number of methoxy groups -OCH3 is 1. The number of hydrogen-bond acceptors (Lipinski definition) is 9. The van der Waals surface area contributed by atoms with E-state index >= 15 is 0 Å². The molecule has 12 heteroatoms. The minimum Gasteiger partial charge on any atom is -0.469 e. The average Bonchev–Trinajstić information content (AvgIpc) is 3.10. The fraction of sp³-hybridized carbons (Fsp3) is 0.304. The number of thioether (sulfide) groups is 1. The highest BCUT2D eigenvalue weighted by molar-refractivity contribution is 8.26. The third-order valence-electron chi connectivity index (χ3n) is 5.72. The lowest BCUT2D eigenvalue weighted by atomic mass is 10.1. The molecule has 4 rings (SSSR count). The molecule has 0 spiro atoms. The van der Waals surface area contributed by atoms with Crippen LogP contribution in [0.1, 0.15) is 17.5 Å². The molecule has 4 heterocycles. The molecule has 182 valence electrons. The number of nitrogens with zero attached hydrogens (tertiary/aromatic N) is 4. The molecule has 0 unspecified atom stereocenters. The summed E-state index contributed by atoms with van der Waals surface area (Å²) in [4.78, 5) is 59.5. The van der Waals surface area contributed by atoms with Crippen molar-refractivity contribution in [2.45, 2.75) is 19.4 Å². The molecular formula is C23H23N5O5S2. The maximum atomic E-state index is 13.7. The highest BCUT2D eigenvalue weighted by Gasteiger charge is 2.36. The lowest BCUT2D eigenvalue weighted by Crippen LogP contribution is -2.57. The predicted molar refractivity (Wildman–Crippen MR) is 137 cm³/mol. The largest absolute Gasteiger partial charge is 0.469 e. The van der Waals surface area contributed by atoms with Gasteiger partial charge < -0.3 is 15.0 Å². The molecule has 2 fully saturated rings. The van der Waals surface area contributed by atoms with E-state index < -0.39 is 17.6 Å². The molecule has 2 aliphatic heterocycles. The van der Waals surface area contributed by atoms with Crippen molar-refractivity contribution < 1.29 is 19.1 Å². The summed E-state index contributed by atoms with van der Waals surface area (Å²) in [6, 6.07) is 2.62. The van der Waals surface area contributed by atoms with Crippen LogP contribution in [0.2, 0.25) is 0 Å². The maximum absolute atomic E-state index is 13.7. The third-order valence-corrected chi connectivity index (χ3v) is 7.09. The lowest BCUT2D eigenvalue weighted by molar-refractivity contribution is -0.143. The van der Waals surface area contributed by atoms with Gasteiger partial charge in [0.05, 0.1) is 24.0 Å². The van der Waals surface area contributed by atoms with Crippen LogP contribution in [0.5, 0.6) is 0 Å². The van der Waals surface area contributed by atoms with Crippen molar-refractivity contribution in [2.75, 3.05) is 31.6 Å². The summed E-state index contributed by atoms with van der Waals surface area (Å²) in [7, 11) is 1.24. The highest BCUT2D eigenvalue weighted by atomic mass is 32.2. The number of thiocarbonyl (C=S) groups is 1. The van der Waals surface area contributed by atoms with Crippen LogP contribution in [0.15, 0.2) is 40.7 Å². The number of anilines is 1. The summed E-state index contributed by atoms with van der Waals surface area (Å²) < 4.78 is 6.53. The van der Waals surface area contributed by atoms with E-state index in [1.54, 1.807) is 23.2 Å². The quantitative estimate of drug-likeness (QED) is 0.264. The number of carbonyl (C=O) groups excluding carboxylic acids is 3. The minimum atomic E-state index is -0.933. The van der Waals surface area contributed by atoms with E-state index in [0.717, 1.165) is 17.3 Å². The molecule has 2 aliphatic rings. The van der Waals surface area contributed by atoms with Crippen molar-refractivity contribution in [1.29, 1.82) is 0 Å². The van der Waals surface area contributed by atoms with E-state index in [9.17, 15) is 19.2 Å². The van der Waals surface area contributed by atoms with Crippen LogP contribution in [0.4, 0.5) is 5.82 Å². The van der Waals surface area contributed by atoms with E-state index in [1.165, 1.54) is 22.5 Å². The number of fused-ring (bicyclic) bond motifs is 1. The summed E-state index contributed by atoms with van der Waals surface area (Å²) in [6.45, 7) is 6.32. The monoisotopic (exact) mass is 513 g/mol. The second kappa shape index (κ2) is 10.0. The number of piperazine rings is 1. The summed E-state index contributed by atoms with van der Waals surface area (Å²) in [5.74, 6) is -1.08. The fourth-order valence-corrected chi connectivity index (χ4v) is 5.23. The zero-order valence-corrected chi connectivity index (χ0v) is 20.8. The van der Waals surface area contributed by atoms with Gasteiger partial charge in [0.15, 0.2) is 0 Å². The molecule has 1 atom stereocenters. The van der Waals surface area contributed by atoms with Crippen LogP contribution in [-0.4, -0.2) is 69.2 Å². The number of esters is 1. The zero-order valence-electron chi connectivity index (χ0n) is 19.1. The molecule has 2 saturated heterocycles. The van der Waals surface area contributed by atoms with E-state index in [1.807, 2.05) is 13.0 Å². The van der Waals surface area contributed by atoms with Gasteiger partial charge in [0, 0.05) is 25.8 Å². The van der Waals surface area contributed by atoms with Gasteiger partial charge in [0.1, 0.15) is 21.8 Å². The SMILES string of the molecule is C=CCN1C(=O)/C(=C/c2c(N3CCNC(=O)[C@H]3CC(=O)OC)nc3c(C)cccn3c2=O)SC1=S. The number of rotatable bonds is 6. The molecule has 0 saturated carbocycles. The van der Waals surface area contributed by atoms with E-state index in [-0.39, 0.29) is 41.1 Å². The Kier molecular flexibility index (Phi) is 7.03. The third kappa shape index (κ3) is 4.58. The highest BCUT2D eigenvalue weighted by Crippen LogP contribution is 2.34. The van der Waals surface area contributed by atoms with Crippen molar-refractivity contribution in [3.8, 4) is 0 Å². The van der Waals surface area contributed by atoms with Crippen molar-refractivity contribution >= 4 is 63.6 Å². The first-order valence-electron chi connectivity index (χ1n) is 10.8. The van der Waals surface area contributed by atoms with Gasteiger partial charge in [-0.15, -0.1) is 6.58 Å². The Labute approximate surface area is 210 Å². The van der Waals surface area contributed by atoms with Gasteiger partial charge in [-0.05, 0) is 24.6 Å². The number of ether oxygens (including phenoxy) is 1. The first-order chi connectivity index (χ1) is 16.8. The van der Waals surface area contributed by atoms with E-state index in [0.29, 0.717) is 23.1 Å². The van der Waals surface area contributed by atoms with Crippen molar-refractivity contribution in [3.63, 3.8) is 0 Å². The molecule has 0 radical (unpaired) electrons. The van der Waals surface area contributed by atoms with Crippen molar-refractivity contribution in [3.05, 3.63) is 57.4 Å². The number of aromatic nitrogens is 2. The number of pyridine rings is 1. The Hall–Kier alpha value is -3.51.